The van der Waals surface area contributed by atoms with E-state index < -0.39 is 0 Å². The Balaban J connectivity index is 1.40. The first-order valence-corrected chi connectivity index (χ1v) is 11.4. The number of rotatable bonds is 7. The number of aryl methyl sites for hydroxylation is 1. The molecule has 0 bridgehead atoms. The third kappa shape index (κ3) is 4.84. The summed E-state index contributed by atoms with van der Waals surface area (Å²) in [7, 11) is 0. The van der Waals surface area contributed by atoms with E-state index in [-0.39, 0.29) is 5.78 Å². The lowest BCUT2D eigenvalue weighted by atomic mass is 9.91. The van der Waals surface area contributed by atoms with Gasteiger partial charge in [-0.15, -0.1) is 0 Å². The van der Waals surface area contributed by atoms with Crippen molar-refractivity contribution < 1.29 is 4.79 Å². The Labute approximate surface area is 189 Å². The molecule has 4 rings (SSSR count). The fraction of sp³-hybridized carbons (Fsp3) is 0.385. The number of hydrogen-bond acceptors (Lipinski definition) is 3. The van der Waals surface area contributed by atoms with Crippen LogP contribution in [0.5, 0.6) is 0 Å². The normalized spacial score (nSPS) is 17.0. The highest BCUT2D eigenvalue weighted by molar-refractivity contribution is 6.31. The molecule has 1 saturated heterocycles. The summed E-state index contributed by atoms with van der Waals surface area (Å²) in [5, 5.41) is 11.3. The van der Waals surface area contributed by atoms with Crippen molar-refractivity contribution in [2.75, 3.05) is 19.6 Å². The van der Waals surface area contributed by atoms with Gasteiger partial charge < -0.3 is 9.47 Å². The number of halogens is 1. The summed E-state index contributed by atoms with van der Waals surface area (Å²) in [5.41, 5.74) is 3.45. The molecule has 1 atom stereocenters. The zero-order valence-electron chi connectivity index (χ0n) is 18.0. The van der Waals surface area contributed by atoms with Gasteiger partial charge in [0.15, 0.2) is 5.78 Å². The number of fused-ring (bicyclic) bond motifs is 1. The number of ketones is 1. The molecule has 0 N–H and O–H groups in total. The van der Waals surface area contributed by atoms with Crippen LogP contribution in [0.1, 0.15) is 47.7 Å². The van der Waals surface area contributed by atoms with Crippen molar-refractivity contribution in [1.82, 2.24) is 9.47 Å². The van der Waals surface area contributed by atoms with Gasteiger partial charge in [-0.2, -0.15) is 5.26 Å². The van der Waals surface area contributed by atoms with Crippen molar-refractivity contribution in [3.63, 3.8) is 0 Å². The number of aromatic nitrogens is 1. The summed E-state index contributed by atoms with van der Waals surface area (Å²) in [6.45, 7) is 5.63. The monoisotopic (exact) mass is 433 g/mol. The summed E-state index contributed by atoms with van der Waals surface area (Å²) in [6, 6.07) is 16.1. The van der Waals surface area contributed by atoms with Gasteiger partial charge in [-0.1, -0.05) is 41.9 Å². The van der Waals surface area contributed by atoms with Crippen LogP contribution >= 0.6 is 11.6 Å². The zero-order chi connectivity index (χ0) is 21.8. The first-order chi connectivity index (χ1) is 15.1. The van der Waals surface area contributed by atoms with Gasteiger partial charge in [0.25, 0.3) is 0 Å². The largest absolute Gasteiger partial charge is 0.346 e. The molecule has 0 aliphatic carbocycles. The standard InChI is InChI=1S/C26H28ClN3O/c1-19(31)24-18-30(26-22(16-28)9-4-10-23(24)26)14-6-13-29-12-5-7-20(17-29)15-21-8-2-3-11-25(21)27/h2-4,8-11,18,20H,5-7,12-15,17H2,1H3. The van der Waals surface area contributed by atoms with Crippen LogP contribution in [0.15, 0.2) is 48.7 Å². The van der Waals surface area contributed by atoms with Gasteiger partial charge in [0.05, 0.1) is 11.1 Å². The lowest BCUT2D eigenvalue weighted by molar-refractivity contribution is 0.101. The van der Waals surface area contributed by atoms with E-state index in [1.165, 1.54) is 18.4 Å². The van der Waals surface area contributed by atoms with E-state index in [2.05, 4.69) is 27.7 Å². The summed E-state index contributed by atoms with van der Waals surface area (Å²) in [4.78, 5) is 14.6. The van der Waals surface area contributed by atoms with Gasteiger partial charge in [-0.25, -0.2) is 0 Å². The molecule has 2 heterocycles. The number of likely N-dealkylation sites (tertiary alicyclic amines) is 1. The minimum atomic E-state index is 0.0392. The van der Waals surface area contributed by atoms with E-state index in [1.807, 2.05) is 36.5 Å². The minimum Gasteiger partial charge on any atom is -0.346 e. The molecule has 1 unspecified atom stereocenters. The SMILES string of the molecule is CC(=O)c1cn(CCCN2CCCC(Cc3ccccc3Cl)C2)c2c(C#N)cccc12. The second kappa shape index (κ2) is 9.68. The topological polar surface area (TPSA) is 49.0 Å². The average Bonchev–Trinajstić information content (AvgIpc) is 3.15. The number of benzene rings is 2. The lowest BCUT2D eigenvalue weighted by Gasteiger charge is -2.33. The minimum absolute atomic E-state index is 0.0392. The Bertz CT molecular complexity index is 1130. The van der Waals surface area contributed by atoms with Gasteiger partial charge in [-0.3, -0.25) is 4.79 Å². The first kappa shape index (κ1) is 21.6. The molecule has 3 aromatic rings. The molecule has 0 saturated carbocycles. The maximum absolute atomic E-state index is 12.1. The summed E-state index contributed by atoms with van der Waals surface area (Å²) < 4.78 is 2.09. The van der Waals surface area contributed by atoms with Crippen LogP contribution in [0.2, 0.25) is 5.02 Å². The Morgan fingerprint density at radius 3 is 2.81 bits per heavy atom. The van der Waals surface area contributed by atoms with Crippen LogP contribution in [-0.2, 0) is 13.0 Å². The third-order valence-electron chi connectivity index (χ3n) is 6.34. The van der Waals surface area contributed by atoms with Crippen molar-refractivity contribution in [2.24, 2.45) is 5.92 Å². The van der Waals surface area contributed by atoms with Crippen LogP contribution in [-0.4, -0.2) is 34.9 Å². The summed E-state index contributed by atoms with van der Waals surface area (Å²) in [5.74, 6) is 0.674. The van der Waals surface area contributed by atoms with Crippen molar-refractivity contribution in [2.45, 2.75) is 39.2 Å². The number of carbonyl (C=O) groups is 1. The van der Waals surface area contributed by atoms with Crippen LogP contribution in [0.25, 0.3) is 10.9 Å². The molecule has 5 heteroatoms. The quantitative estimate of drug-likeness (QED) is 0.448. The number of para-hydroxylation sites is 1. The van der Waals surface area contributed by atoms with Crippen molar-refractivity contribution >= 4 is 28.3 Å². The maximum atomic E-state index is 12.1. The molecule has 31 heavy (non-hydrogen) atoms. The van der Waals surface area contributed by atoms with Crippen molar-refractivity contribution in [3.05, 3.63) is 70.4 Å². The van der Waals surface area contributed by atoms with Crippen LogP contribution in [0.4, 0.5) is 0 Å². The smallest absolute Gasteiger partial charge is 0.161 e. The fourth-order valence-electron chi connectivity index (χ4n) is 4.87. The molecule has 0 amide bonds. The van der Waals surface area contributed by atoms with Crippen molar-refractivity contribution in [3.8, 4) is 6.07 Å². The second-order valence-electron chi connectivity index (χ2n) is 8.56. The predicted octanol–water partition coefficient (Wildman–Crippen LogP) is 5.71. The third-order valence-corrected chi connectivity index (χ3v) is 6.71. The lowest BCUT2D eigenvalue weighted by Crippen LogP contribution is -2.37. The molecule has 0 radical (unpaired) electrons. The molecule has 0 spiro atoms. The molecule has 160 valence electrons. The maximum Gasteiger partial charge on any atom is 0.161 e. The Hall–Kier alpha value is -2.61. The molecule has 1 aliphatic heterocycles. The van der Waals surface area contributed by atoms with E-state index in [9.17, 15) is 10.1 Å². The molecule has 1 aromatic heterocycles. The molecule has 1 aliphatic rings. The Kier molecular flexibility index (Phi) is 6.75. The number of nitrogens with zero attached hydrogens (tertiary/aromatic N) is 3. The number of hydrogen-bond donors (Lipinski definition) is 0. The molecular formula is C26H28ClN3O. The van der Waals surface area contributed by atoms with E-state index >= 15 is 0 Å². The summed E-state index contributed by atoms with van der Waals surface area (Å²) in [6.07, 6.45) is 6.40. The van der Waals surface area contributed by atoms with E-state index in [1.54, 1.807) is 6.92 Å². The van der Waals surface area contributed by atoms with Gasteiger partial charge in [-0.05, 0) is 69.3 Å². The number of Topliss-reactive ketones (excluding diaryl/α,β-unsaturated/α-hetero) is 1. The Morgan fingerprint density at radius 2 is 2.03 bits per heavy atom. The highest BCUT2D eigenvalue weighted by atomic mass is 35.5. The first-order valence-electron chi connectivity index (χ1n) is 11.1. The van der Waals surface area contributed by atoms with Crippen molar-refractivity contribution in [1.29, 1.82) is 5.26 Å². The molecular weight excluding hydrogens is 406 g/mol. The fourth-order valence-corrected chi connectivity index (χ4v) is 5.08. The molecule has 2 aromatic carbocycles. The van der Waals surface area contributed by atoms with Gasteiger partial charge >= 0.3 is 0 Å². The van der Waals surface area contributed by atoms with Gasteiger partial charge in [0.1, 0.15) is 6.07 Å². The number of piperidine rings is 1. The Morgan fingerprint density at radius 1 is 1.19 bits per heavy atom. The number of carbonyl (C=O) groups excluding carboxylic acids is 1. The molecule has 4 nitrogen and oxygen atoms in total. The van der Waals surface area contributed by atoms with E-state index in [4.69, 9.17) is 11.6 Å². The predicted molar refractivity (Wildman–Crippen MR) is 126 cm³/mol. The average molecular weight is 434 g/mol. The second-order valence-corrected chi connectivity index (χ2v) is 8.97. The highest BCUT2D eigenvalue weighted by Crippen LogP contribution is 2.27. The molecule has 1 fully saturated rings. The van der Waals surface area contributed by atoms with Crippen LogP contribution in [0.3, 0.4) is 0 Å². The van der Waals surface area contributed by atoms with Gasteiger partial charge in [0, 0.05) is 35.3 Å². The summed E-state index contributed by atoms with van der Waals surface area (Å²) >= 11 is 6.36. The number of nitriles is 1. The van der Waals surface area contributed by atoms with Crippen LogP contribution < -0.4 is 0 Å². The van der Waals surface area contributed by atoms with E-state index in [0.29, 0.717) is 17.0 Å². The van der Waals surface area contributed by atoms with Crippen LogP contribution in [0, 0.1) is 17.2 Å². The zero-order valence-corrected chi connectivity index (χ0v) is 18.7. The van der Waals surface area contributed by atoms with Gasteiger partial charge in [0.2, 0.25) is 0 Å². The van der Waals surface area contributed by atoms with E-state index in [0.717, 1.165) is 54.9 Å². The highest BCUT2D eigenvalue weighted by Gasteiger charge is 2.21.